The van der Waals surface area contributed by atoms with Crippen LogP contribution in [0.4, 0.5) is 0 Å². The Kier molecular flexibility index (Phi) is 6.59. The third-order valence-corrected chi connectivity index (χ3v) is 4.01. The van der Waals surface area contributed by atoms with Crippen LogP contribution in [0.5, 0.6) is 11.5 Å². The third kappa shape index (κ3) is 3.78. The molecule has 0 saturated heterocycles. The molecule has 0 amide bonds. The molecule has 0 aliphatic heterocycles. The van der Waals surface area contributed by atoms with Crippen LogP contribution in [0.2, 0.25) is 0 Å². The maximum Gasteiger partial charge on any atom is 0.122 e. The highest BCUT2D eigenvalue weighted by Gasteiger charge is 2.29. The summed E-state index contributed by atoms with van der Waals surface area (Å²) < 4.78 is 10.5. The van der Waals surface area contributed by atoms with Crippen LogP contribution in [0.25, 0.3) is 0 Å². The van der Waals surface area contributed by atoms with Gasteiger partial charge in [-0.2, -0.15) is 0 Å². The standard InChI is InChI=1S/C15H23NO3.ClH/c1-18-12-7-11(8-13(9-12)19-2)14(16)15(17)10-5-3-4-6-10;/h7-10,14-15,17H,3-6,16H2,1-2H3;1H/t14-,15+;/m1./s1. The molecule has 0 bridgehead atoms. The molecule has 1 fully saturated rings. The minimum atomic E-state index is -0.501. The molecule has 0 spiro atoms. The van der Waals surface area contributed by atoms with E-state index in [1.165, 1.54) is 12.8 Å². The molecule has 114 valence electrons. The number of hydrogen-bond acceptors (Lipinski definition) is 4. The van der Waals surface area contributed by atoms with Crippen LogP contribution in [0.15, 0.2) is 18.2 Å². The molecule has 2 rings (SSSR count). The first-order valence-corrected chi connectivity index (χ1v) is 6.82. The summed E-state index contributed by atoms with van der Waals surface area (Å²) in [6, 6.07) is 5.14. The molecule has 1 saturated carbocycles. The van der Waals surface area contributed by atoms with Crippen LogP contribution in [-0.2, 0) is 0 Å². The van der Waals surface area contributed by atoms with Gasteiger partial charge in [0.1, 0.15) is 11.5 Å². The van der Waals surface area contributed by atoms with Gasteiger partial charge in [0.2, 0.25) is 0 Å². The Bertz CT molecular complexity index is 399. The fourth-order valence-corrected chi connectivity index (χ4v) is 2.81. The van der Waals surface area contributed by atoms with Gasteiger partial charge in [0.15, 0.2) is 0 Å². The van der Waals surface area contributed by atoms with Crippen LogP contribution in [-0.4, -0.2) is 25.4 Å². The van der Waals surface area contributed by atoms with Crippen LogP contribution in [0, 0.1) is 5.92 Å². The van der Waals surface area contributed by atoms with Gasteiger partial charge < -0.3 is 20.3 Å². The van der Waals surface area contributed by atoms with Gasteiger partial charge >= 0.3 is 0 Å². The van der Waals surface area contributed by atoms with Crippen molar-refractivity contribution in [2.45, 2.75) is 37.8 Å². The van der Waals surface area contributed by atoms with Crippen molar-refractivity contribution in [2.24, 2.45) is 11.7 Å². The fourth-order valence-electron chi connectivity index (χ4n) is 2.81. The summed E-state index contributed by atoms with van der Waals surface area (Å²) >= 11 is 0. The highest BCUT2D eigenvalue weighted by Crippen LogP contribution is 2.34. The molecule has 3 N–H and O–H groups in total. The van der Waals surface area contributed by atoms with Crippen molar-refractivity contribution in [3.8, 4) is 11.5 Å². The molecular weight excluding hydrogens is 278 g/mol. The van der Waals surface area contributed by atoms with E-state index in [2.05, 4.69) is 0 Å². The van der Waals surface area contributed by atoms with Gasteiger partial charge in [0.05, 0.1) is 26.4 Å². The number of hydrogen-bond donors (Lipinski definition) is 2. The lowest BCUT2D eigenvalue weighted by molar-refractivity contribution is 0.0843. The lowest BCUT2D eigenvalue weighted by atomic mass is 9.91. The van der Waals surface area contributed by atoms with Gasteiger partial charge in [0, 0.05) is 6.07 Å². The second-order valence-electron chi connectivity index (χ2n) is 5.21. The van der Waals surface area contributed by atoms with E-state index in [4.69, 9.17) is 15.2 Å². The number of aliphatic hydroxyl groups excluding tert-OH is 1. The molecule has 1 aromatic carbocycles. The molecule has 1 aliphatic carbocycles. The minimum Gasteiger partial charge on any atom is -0.497 e. The van der Waals surface area contributed by atoms with Crippen molar-refractivity contribution < 1.29 is 14.6 Å². The van der Waals surface area contributed by atoms with Crippen LogP contribution < -0.4 is 15.2 Å². The smallest absolute Gasteiger partial charge is 0.122 e. The van der Waals surface area contributed by atoms with Crippen molar-refractivity contribution in [3.63, 3.8) is 0 Å². The van der Waals surface area contributed by atoms with Crippen molar-refractivity contribution in [2.75, 3.05) is 14.2 Å². The average molecular weight is 302 g/mol. The molecule has 1 aromatic rings. The Hall–Kier alpha value is -0.970. The van der Waals surface area contributed by atoms with Gasteiger partial charge in [0.25, 0.3) is 0 Å². The number of aliphatic hydroxyl groups is 1. The molecular formula is C15H24ClNO3. The van der Waals surface area contributed by atoms with Crippen molar-refractivity contribution in [3.05, 3.63) is 23.8 Å². The van der Waals surface area contributed by atoms with Crippen LogP contribution in [0.3, 0.4) is 0 Å². The molecule has 0 aromatic heterocycles. The highest BCUT2D eigenvalue weighted by molar-refractivity contribution is 5.85. The molecule has 1 aliphatic rings. The Labute approximate surface area is 126 Å². The first-order valence-electron chi connectivity index (χ1n) is 6.82. The Morgan fingerprint density at radius 1 is 1.10 bits per heavy atom. The molecule has 0 heterocycles. The van der Waals surface area contributed by atoms with E-state index in [1.54, 1.807) is 20.3 Å². The lowest BCUT2D eigenvalue weighted by Crippen LogP contribution is -2.31. The van der Waals surface area contributed by atoms with E-state index in [0.717, 1.165) is 18.4 Å². The highest BCUT2D eigenvalue weighted by atomic mass is 35.5. The van der Waals surface area contributed by atoms with Gasteiger partial charge in [-0.1, -0.05) is 12.8 Å². The van der Waals surface area contributed by atoms with Crippen molar-refractivity contribution in [1.29, 1.82) is 0 Å². The monoisotopic (exact) mass is 301 g/mol. The zero-order chi connectivity index (χ0) is 13.8. The predicted molar refractivity (Wildman–Crippen MR) is 81.7 cm³/mol. The minimum absolute atomic E-state index is 0. The largest absolute Gasteiger partial charge is 0.497 e. The van der Waals surface area contributed by atoms with Crippen LogP contribution in [0.1, 0.15) is 37.3 Å². The quantitative estimate of drug-likeness (QED) is 0.877. The predicted octanol–water partition coefficient (Wildman–Crippen LogP) is 2.68. The maximum absolute atomic E-state index is 10.4. The normalized spacial score (nSPS) is 18.2. The zero-order valence-electron chi connectivity index (χ0n) is 12.0. The summed E-state index contributed by atoms with van der Waals surface area (Å²) in [4.78, 5) is 0. The van der Waals surface area contributed by atoms with E-state index in [9.17, 15) is 5.11 Å². The summed E-state index contributed by atoms with van der Waals surface area (Å²) in [6.45, 7) is 0. The number of nitrogens with two attached hydrogens (primary N) is 1. The first kappa shape index (κ1) is 17.1. The summed E-state index contributed by atoms with van der Waals surface area (Å²) in [5.41, 5.74) is 7.06. The third-order valence-electron chi connectivity index (χ3n) is 4.01. The number of ether oxygens (including phenoxy) is 2. The fraction of sp³-hybridized carbons (Fsp3) is 0.600. The van der Waals surface area contributed by atoms with Gasteiger partial charge in [-0.15, -0.1) is 12.4 Å². The molecule has 4 nitrogen and oxygen atoms in total. The summed E-state index contributed by atoms with van der Waals surface area (Å²) in [5, 5.41) is 10.4. The average Bonchev–Trinajstić information content (AvgIpc) is 2.99. The maximum atomic E-state index is 10.4. The summed E-state index contributed by atoms with van der Waals surface area (Å²) in [6.07, 6.45) is 4.01. The molecule has 2 atom stereocenters. The van der Waals surface area contributed by atoms with Crippen molar-refractivity contribution >= 4 is 12.4 Å². The van der Waals surface area contributed by atoms with Gasteiger partial charge in [-0.25, -0.2) is 0 Å². The summed E-state index contributed by atoms with van der Waals surface area (Å²) in [5.74, 6) is 1.71. The molecule has 5 heteroatoms. The van der Waals surface area contributed by atoms with Gasteiger partial charge in [-0.05, 0) is 36.5 Å². The van der Waals surface area contributed by atoms with Crippen molar-refractivity contribution in [1.82, 2.24) is 0 Å². The second-order valence-corrected chi connectivity index (χ2v) is 5.21. The summed E-state index contributed by atoms with van der Waals surface area (Å²) in [7, 11) is 3.22. The SMILES string of the molecule is COc1cc(OC)cc([C@@H](N)[C@@H](O)C2CCCC2)c1.Cl. The van der Waals surface area contributed by atoms with E-state index >= 15 is 0 Å². The Morgan fingerprint density at radius 3 is 2.05 bits per heavy atom. The zero-order valence-corrected chi connectivity index (χ0v) is 12.9. The lowest BCUT2D eigenvalue weighted by Gasteiger charge is -2.25. The van der Waals surface area contributed by atoms with E-state index in [-0.39, 0.29) is 12.4 Å². The molecule has 0 radical (unpaired) electrons. The van der Waals surface area contributed by atoms with E-state index in [1.807, 2.05) is 12.1 Å². The number of halogens is 1. The number of rotatable bonds is 5. The molecule has 0 unspecified atom stereocenters. The van der Waals surface area contributed by atoms with E-state index < -0.39 is 12.1 Å². The van der Waals surface area contributed by atoms with Gasteiger partial charge in [-0.3, -0.25) is 0 Å². The number of benzene rings is 1. The second kappa shape index (κ2) is 7.72. The Morgan fingerprint density at radius 2 is 1.60 bits per heavy atom. The Balaban J connectivity index is 0.00000200. The topological polar surface area (TPSA) is 64.7 Å². The molecule has 20 heavy (non-hydrogen) atoms. The van der Waals surface area contributed by atoms with Crippen LogP contribution >= 0.6 is 12.4 Å². The number of methoxy groups -OCH3 is 2. The van der Waals surface area contributed by atoms with E-state index in [0.29, 0.717) is 17.4 Å². The first-order chi connectivity index (χ1) is 9.15.